The first-order valence-electron chi connectivity index (χ1n) is 7.63. The summed E-state index contributed by atoms with van der Waals surface area (Å²) in [6, 6.07) is 0. The maximum absolute atomic E-state index is 6.30. The van der Waals surface area contributed by atoms with Crippen LogP contribution in [-0.2, 0) is 0 Å². The highest BCUT2D eigenvalue weighted by atomic mass is 127. The van der Waals surface area contributed by atoms with Crippen LogP contribution in [0.3, 0.4) is 0 Å². The molecule has 112 valence electrons. The Morgan fingerprint density at radius 1 is 1.05 bits per heavy atom. The average molecular weight is 407 g/mol. The van der Waals surface area contributed by atoms with Crippen LogP contribution in [0.15, 0.2) is 0 Å². The second-order valence-electron chi connectivity index (χ2n) is 6.58. The van der Waals surface area contributed by atoms with Gasteiger partial charge in [0.15, 0.2) is 0 Å². The summed E-state index contributed by atoms with van der Waals surface area (Å²) in [4.78, 5) is 9.38. The van der Waals surface area contributed by atoms with E-state index in [-0.39, 0.29) is 0 Å². The van der Waals surface area contributed by atoms with Gasteiger partial charge in [0, 0.05) is 5.92 Å². The predicted molar refractivity (Wildman–Crippen MR) is 93.4 cm³/mol. The van der Waals surface area contributed by atoms with Crippen LogP contribution in [-0.4, -0.2) is 9.97 Å². The van der Waals surface area contributed by atoms with Crippen molar-refractivity contribution < 1.29 is 0 Å². The third-order valence-corrected chi connectivity index (χ3v) is 6.14. The summed E-state index contributed by atoms with van der Waals surface area (Å²) in [6.07, 6.45) is 5.01. The van der Waals surface area contributed by atoms with Crippen LogP contribution in [0.1, 0.15) is 76.7 Å². The lowest BCUT2D eigenvalue weighted by Gasteiger charge is -2.30. The highest BCUT2D eigenvalue weighted by Crippen LogP contribution is 2.38. The van der Waals surface area contributed by atoms with Gasteiger partial charge in [-0.05, 0) is 66.0 Å². The number of aromatic nitrogens is 2. The summed E-state index contributed by atoms with van der Waals surface area (Å²) in [5.41, 5.74) is 1.10. The molecular formula is C16H24ClIN2. The molecule has 0 spiro atoms. The Kier molecular flexibility index (Phi) is 5.69. The maximum atomic E-state index is 6.30. The van der Waals surface area contributed by atoms with Crippen molar-refractivity contribution >= 4 is 34.2 Å². The minimum absolute atomic E-state index is 0.396. The maximum Gasteiger partial charge on any atom is 0.146 e. The second kappa shape index (κ2) is 6.91. The van der Waals surface area contributed by atoms with Crippen LogP contribution in [0.4, 0.5) is 0 Å². The largest absolute Gasteiger partial charge is 0.236 e. The summed E-state index contributed by atoms with van der Waals surface area (Å²) in [5.74, 6) is 3.53. The predicted octanol–water partition coefficient (Wildman–Crippen LogP) is 5.79. The zero-order valence-corrected chi connectivity index (χ0v) is 15.7. The number of hydrogen-bond donors (Lipinski definition) is 0. The van der Waals surface area contributed by atoms with Crippen molar-refractivity contribution in [2.75, 3.05) is 0 Å². The van der Waals surface area contributed by atoms with E-state index >= 15 is 0 Å². The van der Waals surface area contributed by atoms with Crippen molar-refractivity contribution in [1.82, 2.24) is 9.97 Å². The molecule has 0 amide bonds. The zero-order valence-electron chi connectivity index (χ0n) is 12.8. The number of rotatable bonds is 3. The van der Waals surface area contributed by atoms with Crippen molar-refractivity contribution in [2.24, 2.45) is 11.8 Å². The van der Waals surface area contributed by atoms with Crippen LogP contribution in [0.25, 0.3) is 0 Å². The first-order chi connectivity index (χ1) is 9.40. The molecule has 0 N–H and O–H groups in total. The van der Waals surface area contributed by atoms with Crippen molar-refractivity contribution in [3.63, 3.8) is 0 Å². The van der Waals surface area contributed by atoms with Gasteiger partial charge in [0.05, 0.1) is 9.26 Å². The summed E-state index contributed by atoms with van der Waals surface area (Å²) >= 11 is 8.57. The fourth-order valence-electron chi connectivity index (χ4n) is 3.06. The van der Waals surface area contributed by atoms with Crippen molar-refractivity contribution in [3.8, 4) is 0 Å². The Morgan fingerprint density at radius 2 is 1.65 bits per heavy atom. The standard InChI is InChI=1S/C16H24ClIN2/c1-9(2)11-5-7-12(8-6-11)16-19-14(10(3)4)13(18)15(17)20-16/h9-12H,5-8H2,1-4H3. The molecule has 20 heavy (non-hydrogen) atoms. The van der Waals surface area contributed by atoms with Gasteiger partial charge >= 0.3 is 0 Å². The Morgan fingerprint density at radius 3 is 2.15 bits per heavy atom. The molecule has 1 saturated carbocycles. The number of hydrogen-bond acceptors (Lipinski definition) is 2. The van der Waals surface area contributed by atoms with Gasteiger partial charge in [-0.15, -0.1) is 0 Å². The molecule has 0 aromatic carbocycles. The van der Waals surface area contributed by atoms with Gasteiger partial charge in [-0.2, -0.15) is 0 Å². The van der Waals surface area contributed by atoms with Gasteiger partial charge in [0.25, 0.3) is 0 Å². The summed E-state index contributed by atoms with van der Waals surface area (Å²) in [5, 5.41) is 0.630. The molecule has 1 fully saturated rings. The fourth-order valence-corrected chi connectivity index (χ4v) is 4.11. The lowest BCUT2D eigenvalue weighted by Crippen LogP contribution is -2.19. The van der Waals surface area contributed by atoms with Crippen LogP contribution in [0.2, 0.25) is 5.15 Å². The van der Waals surface area contributed by atoms with Gasteiger partial charge in [-0.1, -0.05) is 39.3 Å². The Balaban J connectivity index is 2.18. The Hall–Kier alpha value is 0.100. The van der Waals surface area contributed by atoms with Gasteiger partial charge in [-0.25, -0.2) is 9.97 Å². The third kappa shape index (κ3) is 3.65. The van der Waals surface area contributed by atoms with Crippen LogP contribution < -0.4 is 0 Å². The topological polar surface area (TPSA) is 25.8 Å². The van der Waals surface area contributed by atoms with E-state index in [2.05, 4.69) is 55.3 Å². The molecule has 0 bridgehead atoms. The molecular weight excluding hydrogens is 383 g/mol. The fraction of sp³-hybridized carbons (Fsp3) is 0.750. The molecule has 0 atom stereocenters. The summed E-state index contributed by atoms with van der Waals surface area (Å²) < 4.78 is 1.01. The molecule has 1 aromatic heterocycles. The molecule has 1 aromatic rings. The SMILES string of the molecule is CC(C)c1nc(C2CCC(C(C)C)CC2)nc(Cl)c1I. The van der Waals surface area contributed by atoms with Gasteiger partial charge in [0.2, 0.25) is 0 Å². The molecule has 1 heterocycles. The minimum atomic E-state index is 0.396. The van der Waals surface area contributed by atoms with E-state index in [9.17, 15) is 0 Å². The molecule has 2 rings (SSSR count). The lowest BCUT2D eigenvalue weighted by molar-refractivity contribution is 0.254. The van der Waals surface area contributed by atoms with E-state index in [0.29, 0.717) is 17.0 Å². The number of nitrogens with zero attached hydrogens (tertiary/aromatic N) is 2. The first-order valence-corrected chi connectivity index (χ1v) is 9.08. The molecule has 2 nitrogen and oxygen atoms in total. The highest BCUT2D eigenvalue weighted by molar-refractivity contribution is 14.1. The molecule has 1 aliphatic rings. The second-order valence-corrected chi connectivity index (χ2v) is 8.02. The molecule has 1 aliphatic carbocycles. The number of halogens is 2. The molecule has 0 saturated heterocycles. The minimum Gasteiger partial charge on any atom is -0.236 e. The highest BCUT2D eigenvalue weighted by Gasteiger charge is 2.27. The monoisotopic (exact) mass is 406 g/mol. The first kappa shape index (κ1) is 16.5. The molecule has 0 radical (unpaired) electrons. The van der Waals surface area contributed by atoms with Crippen LogP contribution in [0, 0.1) is 15.4 Å². The summed E-state index contributed by atoms with van der Waals surface area (Å²) in [7, 11) is 0. The quantitative estimate of drug-likeness (QED) is 0.469. The molecule has 0 unspecified atom stereocenters. The van der Waals surface area contributed by atoms with Gasteiger partial charge < -0.3 is 0 Å². The van der Waals surface area contributed by atoms with E-state index in [1.165, 1.54) is 25.7 Å². The van der Waals surface area contributed by atoms with Crippen LogP contribution in [0.5, 0.6) is 0 Å². The zero-order chi connectivity index (χ0) is 14.9. The molecule has 0 aliphatic heterocycles. The molecule has 4 heteroatoms. The van der Waals surface area contributed by atoms with E-state index < -0.39 is 0 Å². The van der Waals surface area contributed by atoms with Crippen LogP contribution >= 0.6 is 34.2 Å². The van der Waals surface area contributed by atoms with Gasteiger partial charge in [0.1, 0.15) is 11.0 Å². The van der Waals surface area contributed by atoms with E-state index in [1.807, 2.05) is 0 Å². The Bertz CT molecular complexity index is 466. The third-order valence-electron chi connectivity index (χ3n) is 4.48. The smallest absolute Gasteiger partial charge is 0.146 e. The Labute approximate surface area is 141 Å². The normalized spacial score (nSPS) is 23.6. The van der Waals surface area contributed by atoms with E-state index in [1.54, 1.807) is 0 Å². The van der Waals surface area contributed by atoms with Crippen molar-refractivity contribution in [3.05, 3.63) is 20.2 Å². The lowest BCUT2D eigenvalue weighted by atomic mass is 9.76. The van der Waals surface area contributed by atoms with E-state index in [0.717, 1.165) is 26.9 Å². The van der Waals surface area contributed by atoms with Gasteiger partial charge in [-0.3, -0.25) is 0 Å². The summed E-state index contributed by atoms with van der Waals surface area (Å²) in [6.45, 7) is 9.00. The van der Waals surface area contributed by atoms with Crippen molar-refractivity contribution in [1.29, 1.82) is 0 Å². The van der Waals surface area contributed by atoms with E-state index in [4.69, 9.17) is 16.6 Å². The average Bonchev–Trinajstić information content (AvgIpc) is 2.41. The van der Waals surface area contributed by atoms with Crippen molar-refractivity contribution in [2.45, 2.75) is 65.2 Å².